The Morgan fingerprint density at radius 2 is 2.05 bits per heavy atom. The molecule has 3 saturated heterocycles. The Hall–Kier alpha value is -3.94. The molecule has 38 heavy (non-hydrogen) atoms. The van der Waals surface area contributed by atoms with Gasteiger partial charge in [-0.3, -0.25) is 4.90 Å². The summed E-state index contributed by atoms with van der Waals surface area (Å²) in [6.07, 6.45) is 4.20. The number of hydrogen-bond acceptors (Lipinski definition) is 10. The number of rotatable bonds is 4. The van der Waals surface area contributed by atoms with Crippen LogP contribution in [0.15, 0.2) is 42.6 Å². The molecule has 3 atom stereocenters. The zero-order chi connectivity index (χ0) is 26.1. The number of hydrogen-bond donors (Lipinski definition) is 2. The quantitative estimate of drug-likeness (QED) is 0.504. The van der Waals surface area contributed by atoms with E-state index in [0.29, 0.717) is 35.0 Å². The van der Waals surface area contributed by atoms with Crippen molar-refractivity contribution in [2.24, 2.45) is 0 Å². The van der Waals surface area contributed by atoms with Crippen molar-refractivity contribution in [2.75, 3.05) is 54.9 Å². The summed E-state index contributed by atoms with van der Waals surface area (Å²) in [6, 6.07) is 11.7. The number of phenols is 1. The van der Waals surface area contributed by atoms with Crippen LogP contribution in [0, 0.1) is 11.8 Å². The van der Waals surface area contributed by atoms with E-state index in [-0.39, 0.29) is 11.8 Å². The first kappa shape index (κ1) is 24.4. The zero-order valence-corrected chi connectivity index (χ0v) is 21.5. The number of aromatic hydroxyl groups is 1. The lowest BCUT2D eigenvalue weighted by Gasteiger charge is -2.28. The second kappa shape index (κ2) is 10.4. The van der Waals surface area contributed by atoms with Crippen LogP contribution in [0.4, 0.5) is 17.3 Å². The molecular formula is C28H32N8O2. The Morgan fingerprint density at radius 3 is 2.87 bits per heavy atom. The minimum absolute atomic E-state index is 0.164. The first-order chi connectivity index (χ1) is 18.5. The van der Waals surface area contributed by atoms with Gasteiger partial charge in [-0.25, -0.2) is 9.97 Å². The highest BCUT2D eigenvalue weighted by molar-refractivity contribution is 5.74. The van der Waals surface area contributed by atoms with E-state index in [9.17, 15) is 5.11 Å². The molecular weight excluding hydrogens is 480 g/mol. The number of nitrogen functional groups attached to an aromatic ring is 1. The molecule has 0 amide bonds. The highest BCUT2D eigenvalue weighted by Gasteiger charge is 2.38. The number of nitrogens with zero attached hydrogens (tertiary/aromatic N) is 7. The highest BCUT2D eigenvalue weighted by Crippen LogP contribution is 2.32. The second-order valence-corrected chi connectivity index (χ2v) is 10.1. The van der Waals surface area contributed by atoms with E-state index < -0.39 is 0 Å². The lowest BCUT2D eigenvalue weighted by Crippen LogP contribution is -2.37. The average Bonchev–Trinajstić information content (AvgIpc) is 3.50. The van der Waals surface area contributed by atoms with Gasteiger partial charge in [0.2, 0.25) is 5.82 Å². The average molecular weight is 513 g/mol. The molecule has 10 heteroatoms. The molecule has 1 aromatic carbocycles. The summed E-state index contributed by atoms with van der Waals surface area (Å²) in [5.41, 5.74) is 8.31. The van der Waals surface area contributed by atoms with Gasteiger partial charge < -0.3 is 25.4 Å². The number of para-hydroxylation sites is 1. The van der Waals surface area contributed by atoms with Gasteiger partial charge in [-0.1, -0.05) is 18.1 Å². The van der Waals surface area contributed by atoms with E-state index in [1.165, 1.54) is 0 Å². The maximum Gasteiger partial charge on any atom is 0.206 e. The molecule has 3 aliphatic rings. The van der Waals surface area contributed by atoms with Crippen LogP contribution in [0.25, 0.3) is 11.3 Å². The van der Waals surface area contributed by atoms with Crippen LogP contribution >= 0.6 is 0 Å². The normalized spacial score (nSPS) is 23.2. The van der Waals surface area contributed by atoms with Crippen LogP contribution in [0.3, 0.4) is 0 Å². The Bertz CT molecular complexity index is 1370. The van der Waals surface area contributed by atoms with Crippen LogP contribution in [-0.2, 0) is 4.74 Å². The fourth-order valence-electron chi connectivity index (χ4n) is 5.57. The van der Waals surface area contributed by atoms with Gasteiger partial charge in [0.25, 0.3) is 0 Å². The van der Waals surface area contributed by atoms with Crippen molar-refractivity contribution in [1.82, 2.24) is 25.1 Å². The van der Waals surface area contributed by atoms with Crippen LogP contribution in [-0.4, -0.2) is 87.7 Å². The van der Waals surface area contributed by atoms with E-state index in [1.807, 2.05) is 24.3 Å². The van der Waals surface area contributed by atoms with Gasteiger partial charge >= 0.3 is 0 Å². The summed E-state index contributed by atoms with van der Waals surface area (Å²) in [4.78, 5) is 16.1. The third kappa shape index (κ3) is 4.95. The van der Waals surface area contributed by atoms with Crippen molar-refractivity contribution in [3.8, 4) is 28.8 Å². The van der Waals surface area contributed by atoms with Gasteiger partial charge in [-0.05, 0) is 50.0 Å². The maximum atomic E-state index is 10.3. The molecule has 0 radical (unpaired) electrons. The van der Waals surface area contributed by atoms with Crippen molar-refractivity contribution >= 4 is 17.3 Å². The lowest BCUT2D eigenvalue weighted by molar-refractivity contribution is 0.0363. The SMILES string of the molecule is CC1CCN(c2cc(-c3ccccc3O)nnc2N)CCN1c1ccnc(C#CCN2CC3CC2CO3)n1. The van der Waals surface area contributed by atoms with Gasteiger partial charge in [0, 0.05) is 50.0 Å². The molecule has 3 N–H and O–H groups in total. The lowest BCUT2D eigenvalue weighted by atomic mass is 10.1. The number of benzene rings is 1. The van der Waals surface area contributed by atoms with Crippen molar-refractivity contribution in [1.29, 1.82) is 0 Å². The van der Waals surface area contributed by atoms with Crippen LogP contribution in [0.5, 0.6) is 5.75 Å². The van der Waals surface area contributed by atoms with Gasteiger partial charge in [-0.2, -0.15) is 0 Å². The first-order valence-electron chi connectivity index (χ1n) is 13.2. The minimum atomic E-state index is 0.164. The largest absolute Gasteiger partial charge is 0.507 e. The van der Waals surface area contributed by atoms with Crippen LogP contribution in [0.1, 0.15) is 25.6 Å². The van der Waals surface area contributed by atoms with Crippen molar-refractivity contribution in [2.45, 2.75) is 38.0 Å². The Kier molecular flexibility index (Phi) is 6.70. The maximum absolute atomic E-state index is 10.3. The number of likely N-dealkylation sites (tertiary alicyclic amines) is 1. The number of morpholine rings is 1. The zero-order valence-electron chi connectivity index (χ0n) is 21.5. The summed E-state index contributed by atoms with van der Waals surface area (Å²) >= 11 is 0. The Morgan fingerprint density at radius 1 is 1.16 bits per heavy atom. The predicted molar refractivity (Wildman–Crippen MR) is 146 cm³/mol. The fraction of sp³-hybridized carbons (Fsp3) is 0.429. The molecule has 6 rings (SSSR count). The molecule has 5 heterocycles. The molecule has 3 fully saturated rings. The molecule has 0 saturated carbocycles. The van der Waals surface area contributed by atoms with E-state index in [4.69, 9.17) is 15.5 Å². The first-order valence-corrected chi connectivity index (χ1v) is 13.2. The van der Waals surface area contributed by atoms with Crippen molar-refractivity contribution in [3.63, 3.8) is 0 Å². The summed E-state index contributed by atoms with van der Waals surface area (Å²) < 4.78 is 5.68. The summed E-state index contributed by atoms with van der Waals surface area (Å²) in [7, 11) is 0. The third-order valence-corrected chi connectivity index (χ3v) is 7.71. The summed E-state index contributed by atoms with van der Waals surface area (Å²) in [6.45, 7) is 7.03. The Labute approximate surface area is 222 Å². The molecule has 3 unspecified atom stereocenters. The van der Waals surface area contributed by atoms with E-state index in [1.54, 1.807) is 18.3 Å². The molecule has 196 valence electrons. The second-order valence-electron chi connectivity index (χ2n) is 10.1. The molecule has 0 spiro atoms. The van der Waals surface area contributed by atoms with E-state index in [0.717, 1.165) is 63.7 Å². The fourth-order valence-corrected chi connectivity index (χ4v) is 5.57. The number of fused-ring (bicyclic) bond motifs is 2. The highest BCUT2D eigenvalue weighted by atomic mass is 16.5. The summed E-state index contributed by atoms with van der Waals surface area (Å²) in [5, 5.41) is 18.7. The molecule has 0 aliphatic carbocycles. The van der Waals surface area contributed by atoms with Gasteiger partial charge in [0.05, 0.1) is 30.6 Å². The summed E-state index contributed by atoms with van der Waals surface area (Å²) in [5.74, 6) is 8.40. The number of aromatic nitrogens is 4. The molecule has 2 bridgehead atoms. The monoisotopic (exact) mass is 512 g/mol. The van der Waals surface area contributed by atoms with Crippen LogP contribution < -0.4 is 15.5 Å². The van der Waals surface area contributed by atoms with Crippen LogP contribution in [0.2, 0.25) is 0 Å². The number of anilines is 3. The standard InChI is InChI=1S/C28H32N8O2/c1-19-9-12-34(24-16-23(32-33-28(24)29)22-5-2-3-6-25(22)37)13-14-36(19)27-8-10-30-26(31-27)7-4-11-35-17-21-15-20(35)18-38-21/h2-3,5-6,8,10,16,19-21,37H,9,11-15,17-18H2,1H3,(H2,29,33). The smallest absolute Gasteiger partial charge is 0.206 e. The number of phenolic OH excluding ortho intramolecular Hbond substituents is 1. The molecule has 2 aromatic heterocycles. The van der Waals surface area contributed by atoms with Crippen molar-refractivity contribution in [3.05, 3.63) is 48.4 Å². The number of ether oxygens (including phenoxy) is 1. The third-order valence-electron chi connectivity index (χ3n) is 7.71. The van der Waals surface area contributed by atoms with E-state index >= 15 is 0 Å². The molecule has 10 nitrogen and oxygen atoms in total. The van der Waals surface area contributed by atoms with Crippen molar-refractivity contribution < 1.29 is 9.84 Å². The topological polar surface area (TPSA) is 117 Å². The van der Waals surface area contributed by atoms with E-state index in [2.05, 4.69) is 48.6 Å². The van der Waals surface area contributed by atoms with Gasteiger partial charge in [0.1, 0.15) is 11.6 Å². The minimum Gasteiger partial charge on any atom is -0.507 e. The van der Waals surface area contributed by atoms with Gasteiger partial charge in [0.15, 0.2) is 5.82 Å². The molecule has 3 aromatic rings. The van der Waals surface area contributed by atoms with Gasteiger partial charge in [-0.15, -0.1) is 10.2 Å². The predicted octanol–water partition coefficient (Wildman–Crippen LogP) is 2.15. The number of nitrogens with two attached hydrogens (primary N) is 1. The Balaban J connectivity index is 1.16. The molecule has 3 aliphatic heterocycles.